The maximum Gasteiger partial charge on any atom is 0.425 e. The zero-order valence-electron chi connectivity index (χ0n) is 5.46. The lowest BCUT2D eigenvalue weighted by Crippen LogP contribution is -2.10. The topological polar surface area (TPSA) is 181 Å². The average Bonchev–Trinajstić information content (AvgIpc) is 1.82. The van der Waals surface area contributed by atoms with E-state index in [0.717, 1.165) is 0 Å². The number of hydrogen-bond acceptors (Lipinski definition) is 7. The van der Waals surface area contributed by atoms with E-state index in [1.165, 1.54) is 4.97 Å². The van der Waals surface area contributed by atoms with Gasteiger partial charge in [-0.15, -0.1) is 0 Å². The molecular weight excluding hydrogens is 236 g/mol. The van der Waals surface area contributed by atoms with Crippen molar-refractivity contribution >= 4 is 20.8 Å². The fourth-order valence-corrected chi connectivity index (χ4v) is 0.632. The fraction of sp³-hybridized carbons (Fsp3) is 0. The molecule has 0 unspecified atom stereocenters. The maximum absolute atomic E-state index is 9.51. The van der Waals surface area contributed by atoms with Gasteiger partial charge in [0.1, 0.15) is 4.97 Å². The Bertz CT molecular complexity index is 320. The standard InChI is InChI=1S/N2O.H2O8S2/c1-2-3;1-9(2,3)7-8-10(4,5)6/h;(H,1,2,3)(H,4,5,6). The first-order chi connectivity index (χ1) is 5.62. The van der Waals surface area contributed by atoms with Crippen molar-refractivity contribution in [1.82, 2.24) is 4.97 Å². The van der Waals surface area contributed by atoms with Crippen molar-refractivity contribution in [1.29, 1.82) is 0 Å². The highest BCUT2D eigenvalue weighted by Gasteiger charge is 2.13. The molecule has 0 aromatic carbocycles. The minimum absolute atomic E-state index is 1.25. The summed E-state index contributed by atoms with van der Waals surface area (Å²) >= 11 is 0. The third kappa shape index (κ3) is 24.7. The molecule has 0 aromatic rings. The average molecular weight is 238 g/mol. The third-order valence-corrected chi connectivity index (χ3v) is 0.766. The van der Waals surface area contributed by atoms with Gasteiger partial charge in [-0.1, -0.05) is 8.67 Å². The highest BCUT2D eigenvalue weighted by Crippen LogP contribution is 1.92. The summed E-state index contributed by atoms with van der Waals surface area (Å²) in [6.45, 7) is 0. The molecular formula is H2N2O9S2. The van der Waals surface area contributed by atoms with Crippen LogP contribution in [0.4, 0.5) is 0 Å². The van der Waals surface area contributed by atoms with Crippen LogP contribution >= 0.6 is 0 Å². The molecule has 0 atom stereocenters. The van der Waals surface area contributed by atoms with E-state index in [4.69, 9.17) is 19.5 Å². The summed E-state index contributed by atoms with van der Waals surface area (Å²) in [4.78, 5) is 9.36. The summed E-state index contributed by atoms with van der Waals surface area (Å²) in [5.74, 6) is 0. The molecule has 0 aliphatic heterocycles. The van der Waals surface area contributed by atoms with Crippen molar-refractivity contribution in [2.75, 3.05) is 0 Å². The second kappa shape index (κ2) is 5.65. The molecule has 0 saturated heterocycles. The molecule has 0 radical (unpaired) electrons. The van der Waals surface area contributed by atoms with Crippen LogP contribution in [0.25, 0.3) is 5.53 Å². The van der Waals surface area contributed by atoms with Gasteiger partial charge in [0.25, 0.3) is 0 Å². The smallest absolute Gasteiger partial charge is 0.294 e. The van der Waals surface area contributed by atoms with Gasteiger partial charge < -0.3 is 0 Å². The van der Waals surface area contributed by atoms with Gasteiger partial charge in [0.05, 0.1) is 0 Å². The van der Waals surface area contributed by atoms with Gasteiger partial charge in [-0.2, -0.15) is 16.8 Å². The van der Waals surface area contributed by atoms with Gasteiger partial charge in [0, 0.05) is 0 Å². The zero-order chi connectivity index (χ0) is 11.1. The molecule has 0 heterocycles. The Hall–Kier alpha value is -0.950. The van der Waals surface area contributed by atoms with Crippen LogP contribution in [0, 0.1) is 4.91 Å². The van der Waals surface area contributed by atoms with E-state index in [1.807, 2.05) is 0 Å². The van der Waals surface area contributed by atoms with Gasteiger partial charge in [0.2, 0.25) is 0 Å². The lowest BCUT2D eigenvalue weighted by atomic mass is 13.2. The molecule has 78 valence electrons. The van der Waals surface area contributed by atoms with Crippen LogP contribution in [0.3, 0.4) is 0 Å². The number of nitrogens with zero attached hydrogens (tertiary/aromatic N) is 2. The summed E-state index contributed by atoms with van der Waals surface area (Å²) in [7, 11) is -10.0. The highest BCUT2D eigenvalue weighted by molar-refractivity contribution is 7.83. The van der Waals surface area contributed by atoms with Gasteiger partial charge in [-0.05, 0) is 0 Å². The zero-order valence-corrected chi connectivity index (χ0v) is 7.10. The minimum Gasteiger partial charge on any atom is -0.294 e. The van der Waals surface area contributed by atoms with E-state index in [1.54, 1.807) is 0 Å². The second-order valence-electron chi connectivity index (χ2n) is 1.07. The second-order valence-corrected chi connectivity index (χ2v) is 3.06. The molecule has 13 heteroatoms. The molecule has 0 amide bonds. The summed E-state index contributed by atoms with van der Waals surface area (Å²) in [6, 6.07) is 0. The first kappa shape index (κ1) is 14.6. The van der Waals surface area contributed by atoms with Crippen molar-refractivity contribution in [2.45, 2.75) is 0 Å². The van der Waals surface area contributed by atoms with E-state index in [2.05, 4.69) is 8.67 Å². The van der Waals surface area contributed by atoms with Crippen LogP contribution < -0.4 is 4.97 Å². The van der Waals surface area contributed by atoms with Crippen molar-refractivity contribution in [3.63, 3.8) is 0 Å². The lowest BCUT2D eigenvalue weighted by Gasteiger charge is -1.92. The van der Waals surface area contributed by atoms with Crippen LogP contribution in [-0.4, -0.2) is 25.9 Å². The molecule has 11 nitrogen and oxygen atoms in total. The Kier molecular flexibility index (Phi) is 6.34. The maximum atomic E-state index is 9.51. The van der Waals surface area contributed by atoms with Crippen molar-refractivity contribution in [3.8, 4) is 0 Å². The van der Waals surface area contributed by atoms with Crippen molar-refractivity contribution in [3.05, 3.63) is 10.4 Å². The van der Waals surface area contributed by atoms with Crippen molar-refractivity contribution < 1.29 is 34.6 Å². The molecule has 0 bridgehead atoms. The molecule has 2 N–H and O–H groups in total. The van der Waals surface area contributed by atoms with Gasteiger partial charge in [0.15, 0.2) is 4.91 Å². The third-order valence-electron chi connectivity index (χ3n) is 0.200. The number of nitroso groups, excluding NO2 is 1. The molecule has 13 heavy (non-hydrogen) atoms. The van der Waals surface area contributed by atoms with Gasteiger partial charge >= 0.3 is 20.8 Å². The summed E-state index contributed by atoms with van der Waals surface area (Å²) in [6.07, 6.45) is 0. The molecule has 0 saturated carbocycles. The SMILES string of the molecule is O=S(=O)(O)OOS(=O)(=O)O.[N-]=[N+]=O. The van der Waals surface area contributed by atoms with E-state index in [0.29, 0.717) is 0 Å². The first-order valence-electron chi connectivity index (χ1n) is 1.91. The summed E-state index contributed by atoms with van der Waals surface area (Å²) in [5.41, 5.74) is 6.64. The number of hydrogen-bond donors (Lipinski definition) is 2. The Morgan fingerprint density at radius 2 is 1.15 bits per heavy atom. The minimum atomic E-state index is -5.02. The van der Waals surface area contributed by atoms with Gasteiger partial charge in [-0.25, -0.2) is 0 Å². The van der Waals surface area contributed by atoms with Crippen LogP contribution in [0.5, 0.6) is 0 Å². The fourth-order valence-electron chi connectivity index (χ4n) is 0.0702. The quantitative estimate of drug-likeness (QED) is 0.192. The Morgan fingerprint density at radius 1 is 1.00 bits per heavy atom. The van der Waals surface area contributed by atoms with E-state index in [-0.39, 0.29) is 0 Å². The Morgan fingerprint density at radius 3 is 1.23 bits per heavy atom. The first-order valence-corrected chi connectivity index (χ1v) is 4.64. The van der Waals surface area contributed by atoms with Crippen LogP contribution in [0.2, 0.25) is 0 Å². The molecule has 0 fully saturated rings. The largest absolute Gasteiger partial charge is 0.425 e. The Balaban J connectivity index is 0. The predicted octanol–water partition coefficient (Wildman–Crippen LogP) is -1.62. The van der Waals surface area contributed by atoms with Crippen molar-refractivity contribution in [2.24, 2.45) is 0 Å². The summed E-state index contributed by atoms with van der Waals surface area (Å²) < 4.78 is 58.9. The molecule has 0 aliphatic carbocycles. The monoisotopic (exact) mass is 238 g/mol. The van der Waals surface area contributed by atoms with Crippen LogP contribution in [0.1, 0.15) is 0 Å². The summed E-state index contributed by atoms with van der Waals surface area (Å²) in [5, 5.41) is 0. The predicted molar refractivity (Wildman–Crippen MR) is 34.1 cm³/mol. The van der Waals surface area contributed by atoms with E-state index >= 15 is 0 Å². The van der Waals surface area contributed by atoms with Gasteiger partial charge in [-0.3, -0.25) is 14.6 Å². The molecule has 0 aliphatic rings. The van der Waals surface area contributed by atoms with Crippen LogP contribution in [-0.2, 0) is 29.5 Å². The highest BCUT2D eigenvalue weighted by atomic mass is 32.3. The lowest BCUT2D eigenvalue weighted by molar-refractivity contribution is -0.105. The molecule has 0 aromatic heterocycles. The molecule has 0 rings (SSSR count). The number of rotatable bonds is 3. The normalized spacial score (nSPS) is 10.9. The Labute approximate surface area is 71.6 Å². The molecule has 0 spiro atoms. The van der Waals surface area contributed by atoms with E-state index < -0.39 is 20.8 Å². The van der Waals surface area contributed by atoms with E-state index in [9.17, 15) is 16.8 Å². The van der Waals surface area contributed by atoms with Crippen LogP contribution in [0.15, 0.2) is 0 Å².